The molecule has 0 bridgehead atoms. The molecule has 4 rings (SSSR count). The van der Waals surface area contributed by atoms with E-state index in [1.807, 2.05) is 0 Å². The van der Waals surface area contributed by atoms with E-state index in [1.165, 1.54) is 42.5 Å². The average molecular weight is 449 g/mol. The molecular formula is C21H16ClF3N4O2. The molecule has 1 heterocycles. The first-order valence-corrected chi connectivity index (χ1v) is 9.73. The van der Waals surface area contributed by atoms with E-state index in [2.05, 4.69) is 15.7 Å². The highest BCUT2D eigenvalue weighted by Gasteiger charge is 2.40. The molecule has 1 aromatic heterocycles. The molecule has 2 aromatic carbocycles. The first-order chi connectivity index (χ1) is 14.7. The maximum Gasteiger partial charge on any atom is 0.434 e. The van der Waals surface area contributed by atoms with Crippen molar-refractivity contribution >= 4 is 29.1 Å². The molecule has 0 spiro atoms. The molecule has 0 aliphatic heterocycles. The van der Waals surface area contributed by atoms with E-state index in [0.717, 1.165) is 19.0 Å². The topological polar surface area (TPSA) is 76.0 Å². The summed E-state index contributed by atoms with van der Waals surface area (Å²) in [6.07, 6.45) is -2.17. The van der Waals surface area contributed by atoms with Crippen LogP contribution in [0, 0.1) is 0 Å². The van der Waals surface area contributed by atoms with Gasteiger partial charge >= 0.3 is 6.18 Å². The number of halogens is 4. The van der Waals surface area contributed by atoms with Crippen LogP contribution in [0.25, 0.3) is 5.69 Å². The number of alkyl halides is 3. The van der Waals surface area contributed by atoms with Crippen LogP contribution in [0.3, 0.4) is 0 Å². The number of carbonyl (C=O) groups excluding carboxylic acids is 2. The minimum atomic E-state index is -4.85. The molecule has 3 aromatic rings. The van der Waals surface area contributed by atoms with Crippen LogP contribution in [-0.4, -0.2) is 27.6 Å². The van der Waals surface area contributed by atoms with Crippen molar-refractivity contribution in [3.8, 4) is 5.69 Å². The molecule has 2 amide bonds. The molecule has 1 saturated carbocycles. The number of carbonyl (C=O) groups is 2. The van der Waals surface area contributed by atoms with Crippen LogP contribution in [0.4, 0.5) is 18.9 Å². The monoisotopic (exact) mass is 448 g/mol. The van der Waals surface area contributed by atoms with Gasteiger partial charge in [0.15, 0.2) is 5.69 Å². The number of benzene rings is 2. The zero-order chi connectivity index (χ0) is 22.2. The summed E-state index contributed by atoms with van der Waals surface area (Å²) in [7, 11) is 0. The predicted molar refractivity (Wildman–Crippen MR) is 108 cm³/mol. The van der Waals surface area contributed by atoms with Crippen molar-refractivity contribution in [1.29, 1.82) is 0 Å². The van der Waals surface area contributed by atoms with Crippen LogP contribution in [-0.2, 0) is 6.18 Å². The zero-order valence-electron chi connectivity index (χ0n) is 15.9. The fourth-order valence-corrected chi connectivity index (χ4v) is 3.21. The highest BCUT2D eigenvalue weighted by atomic mass is 35.5. The van der Waals surface area contributed by atoms with Crippen molar-refractivity contribution in [3.05, 3.63) is 76.6 Å². The zero-order valence-corrected chi connectivity index (χ0v) is 16.7. The number of hydrogen-bond acceptors (Lipinski definition) is 3. The molecule has 0 atom stereocenters. The molecule has 6 nitrogen and oxygen atoms in total. The summed E-state index contributed by atoms with van der Waals surface area (Å²) in [5.74, 6) is -1.30. The van der Waals surface area contributed by atoms with Gasteiger partial charge in [-0.1, -0.05) is 23.7 Å². The Morgan fingerprint density at radius 1 is 1.06 bits per heavy atom. The van der Waals surface area contributed by atoms with E-state index in [9.17, 15) is 22.8 Å². The molecule has 0 saturated heterocycles. The Bertz CT molecular complexity index is 1160. The van der Waals surface area contributed by atoms with E-state index in [0.29, 0.717) is 10.2 Å². The lowest BCUT2D eigenvalue weighted by molar-refractivity contribution is -0.143. The second-order valence-corrected chi connectivity index (χ2v) is 7.52. The van der Waals surface area contributed by atoms with Crippen molar-refractivity contribution in [3.63, 3.8) is 0 Å². The molecule has 160 valence electrons. The average Bonchev–Trinajstić information content (AvgIpc) is 3.39. The number of amides is 2. The van der Waals surface area contributed by atoms with E-state index in [-0.39, 0.29) is 28.3 Å². The molecule has 0 radical (unpaired) electrons. The summed E-state index contributed by atoms with van der Waals surface area (Å²) in [5.41, 5.74) is -1.32. The molecule has 31 heavy (non-hydrogen) atoms. The highest BCUT2D eigenvalue weighted by Crippen LogP contribution is 2.34. The van der Waals surface area contributed by atoms with Crippen molar-refractivity contribution in [2.24, 2.45) is 0 Å². The standard InChI is InChI=1S/C21H16ClF3N4O2/c22-13-4-2-6-16(10-13)29-18(21(23,24)25)17(11-26-29)20(31)28-15-5-1-3-12(9-15)19(30)27-14-7-8-14/h1-6,9-11,14H,7-8H2,(H,27,30)(H,28,31). The van der Waals surface area contributed by atoms with Crippen LogP contribution in [0.5, 0.6) is 0 Å². The summed E-state index contributed by atoms with van der Waals surface area (Å²) in [6, 6.07) is 11.9. The third-order valence-electron chi connectivity index (χ3n) is 4.63. The summed E-state index contributed by atoms with van der Waals surface area (Å²) >= 11 is 5.88. The smallest absolute Gasteiger partial charge is 0.349 e. The molecule has 10 heteroatoms. The second kappa shape index (κ2) is 8.07. The number of nitrogens with one attached hydrogen (secondary N) is 2. The van der Waals surface area contributed by atoms with Gasteiger partial charge in [0.1, 0.15) is 0 Å². The Morgan fingerprint density at radius 3 is 2.48 bits per heavy atom. The molecular weight excluding hydrogens is 433 g/mol. The molecule has 1 aliphatic carbocycles. The third-order valence-corrected chi connectivity index (χ3v) is 4.87. The van der Waals surface area contributed by atoms with E-state index in [1.54, 1.807) is 6.07 Å². The van der Waals surface area contributed by atoms with Gasteiger partial charge in [-0.25, -0.2) is 4.68 Å². The van der Waals surface area contributed by atoms with Crippen LogP contribution >= 0.6 is 11.6 Å². The van der Waals surface area contributed by atoms with Crippen molar-refractivity contribution in [1.82, 2.24) is 15.1 Å². The number of rotatable bonds is 5. The van der Waals surface area contributed by atoms with Gasteiger partial charge in [0.25, 0.3) is 11.8 Å². The van der Waals surface area contributed by atoms with Gasteiger partial charge in [0.05, 0.1) is 17.4 Å². The van der Waals surface area contributed by atoms with Gasteiger partial charge in [0, 0.05) is 22.3 Å². The minimum Gasteiger partial charge on any atom is -0.349 e. The third kappa shape index (κ3) is 4.72. The summed E-state index contributed by atoms with van der Waals surface area (Å²) < 4.78 is 42.0. The van der Waals surface area contributed by atoms with E-state index >= 15 is 0 Å². The number of anilines is 1. The lowest BCUT2D eigenvalue weighted by Crippen LogP contribution is -2.25. The lowest BCUT2D eigenvalue weighted by Gasteiger charge is -2.13. The molecule has 2 N–H and O–H groups in total. The fourth-order valence-electron chi connectivity index (χ4n) is 3.02. The van der Waals surface area contributed by atoms with Crippen LogP contribution in [0.1, 0.15) is 39.3 Å². The first-order valence-electron chi connectivity index (χ1n) is 9.36. The van der Waals surface area contributed by atoms with Gasteiger partial charge in [-0.05, 0) is 49.2 Å². The maximum atomic E-state index is 13.8. The van der Waals surface area contributed by atoms with Crippen molar-refractivity contribution in [2.45, 2.75) is 25.1 Å². The Balaban J connectivity index is 1.62. The minimum absolute atomic E-state index is 0.0672. The largest absolute Gasteiger partial charge is 0.434 e. The van der Waals surface area contributed by atoms with Crippen LogP contribution in [0.15, 0.2) is 54.7 Å². The number of hydrogen-bond donors (Lipinski definition) is 2. The Kier molecular flexibility index (Phi) is 5.45. The van der Waals surface area contributed by atoms with Gasteiger partial charge in [-0.2, -0.15) is 18.3 Å². The van der Waals surface area contributed by atoms with Gasteiger partial charge < -0.3 is 10.6 Å². The summed E-state index contributed by atoms with van der Waals surface area (Å²) in [6.45, 7) is 0. The van der Waals surface area contributed by atoms with Crippen molar-refractivity contribution < 1.29 is 22.8 Å². The quantitative estimate of drug-likeness (QED) is 0.594. The molecule has 1 fully saturated rings. The molecule has 0 unspecified atom stereocenters. The SMILES string of the molecule is O=C(NC1CC1)c1cccc(NC(=O)c2cnn(-c3cccc(Cl)c3)c2C(F)(F)F)c1. The molecule has 1 aliphatic rings. The van der Waals surface area contributed by atoms with Gasteiger partial charge in [0.2, 0.25) is 0 Å². The second-order valence-electron chi connectivity index (χ2n) is 7.08. The summed E-state index contributed by atoms with van der Waals surface area (Å²) in [5, 5.41) is 9.21. The van der Waals surface area contributed by atoms with Crippen LogP contribution < -0.4 is 10.6 Å². The number of aromatic nitrogens is 2. The highest BCUT2D eigenvalue weighted by molar-refractivity contribution is 6.30. The fraction of sp³-hybridized carbons (Fsp3) is 0.190. The van der Waals surface area contributed by atoms with E-state index in [4.69, 9.17) is 11.6 Å². The normalized spacial score (nSPS) is 13.7. The van der Waals surface area contributed by atoms with E-state index < -0.39 is 23.3 Å². The Hall–Kier alpha value is -3.33. The summed E-state index contributed by atoms with van der Waals surface area (Å²) in [4.78, 5) is 24.9. The van der Waals surface area contributed by atoms with Crippen LogP contribution in [0.2, 0.25) is 5.02 Å². The van der Waals surface area contributed by atoms with Gasteiger partial charge in [-0.3, -0.25) is 9.59 Å². The lowest BCUT2D eigenvalue weighted by atomic mass is 10.1. The number of nitrogens with zero attached hydrogens (tertiary/aromatic N) is 2. The predicted octanol–water partition coefficient (Wildman–Crippen LogP) is 4.69. The first kappa shape index (κ1) is 20.9. The van der Waals surface area contributed by atoms with Gasteiger partial charge in [-0.15, -0.1) is 0 Å². The Morgan fingerprint density at radius 2 is 1.81 bits per heavy atom. The van der Waals surface area contributed by atoms with Crippen molar-refractivity contribution in [2.75, 3.05) is 5.32 Å². The Labute approximate surface area is 180 Å². The maximum absolute atomic E-state index is 13.8.